The van der Waals surface area contributed by atoms with Crippen molar-refractivity contribution >= 4 is 11.9 Å². The molecule has 1 atom stereocenters. The van der Waals surface area contributed by atoms with Gasteiger partial charge in [0.25, 0.3) is 0 Å². The largest absolute Gasteiger partial charge is 0.463 e. The van der Waals surface area contributed by atoms with Gasteiger partial charge in [-0.15, -0.1) is 0 Å². The zero-order valence-electron chi connectivity index (χ0n) is 11.7. The molecular weight excluding hydrogens is 230 g/mol. The molecule has 0 bridgehead atoms. The van der Waals surface area contributed by atoms with Crippen molar-refractivity contribution in [3.05, 3.63) is 0 Å². The Labute approximate surface area is 109 Å². The Hall–Kier alpha value is -1.59. The Balaban J connectivity index is 2.70. The van der Waals surface area contributed by atoms with Crippen LogP contribution in [0, 0.1) is 5.92 Å². The fourth-order valence-corrected chi connectivity index (χ4v) is 1.22. The minimum atomic E-state index is 0.364. The molecule has 0 aromatic carbocycles. The Bertz CT molecular complexity index is 358. The van der Waals surface area contributed by atoms with Crippen LogP contribution < -0.4 is 15.4 Å². The second kappa shape index (κ2) is 7.68. The topological polar surface area (TPSA) is 72.0 Å². The second-order valence-electron chi connectivity index (χ2n) is 4.26. The van der Waals surface area contributed by atoms with Crippen molar-refractivity contribution in [2.45, 2.75) is 33.6 Å². The molecule has 0 amide bonds. The van der Waals surface area contributed by atoms with Crippen LogP contribution in [0.4, 0.5) is 11.9 Å². The van der Waals surface area contributed by atoms with Crippen LogP contribution >= 0.6 is 0 Å². The third kappa shape index (κ3) is 4.73. The first-order valence-corrected chi connectivity index (χ1v) is 6.50. The van der Waals surface area contributed by atoms with Crippen molar-refractivity contribution in [1.82, 2.24) is 15.0 Å². The van der Waals surface area contributed by atoms with Crippen LogP contribution in [0.2, 0.25) is 0 Å². The first-order valence-electron chi connectivity index (χ1n) is 6.50. The molecule has 1 unspecified atom stereocenters. The van der Waals surface area contributed by atoms with E-state index in [0.717, 1.165) is 19.4 Å². The van der Waals surface area contributed by atoms with Crippen LogP contribution in [0.5, 0.6) is 6.01 Å². The van der Waals surface area contributed by atoms with E-state index in [9.17, 15) is 0 Å². The lowest BCUT2D eigenvalue weighted by Crippen LogP contribution is -2.14. The lowest BCUT2D eigenvalue weighted by atomic mass is 10.1. The molecule has 1 aromatic heterocycles. The van der Waals surface area contributed by atoms with Crippen LogP contribution in [0.15, 0.2) is 0 Å². The van der Waals surface area contributed by atoms with Gasteiger partial charge in [0.2, 0.25) is 11.9 Å². The number of nitrogens with zero attached hydrogens (tertiary/aromatic N) is 3. The van der Waals surface area contributed by atoms with Gasteiger partial charge in [-0.25, -0.2) is 0 Å². The van der Waals surface area contributed by atoms with E-state index in [1.807, 2.05) is 6.92 Å². The van der Waals surface area contributed by atoms with Crippen LogP contribution in [0.1, 0.15) is 33.6 Å². The van der Waals surface area contributed by atoms with Crippen molar-refractivity contribution in [3.8, 4) is 6.01 Å². The first-order chi connectivity index (χ1) is 8.69. The summed E-state index contributed by atoms with van der Waals surface area (Å²) in [6.45, 7) is 7.84. The van der Waals surface area contributed by atoms with Crippen molar-refractivity contribution in [1.29, 1.82) is 0 Å². The minimum Gasteiger partial charge on any atom is -0.463 e. The highest BCUT2D eigenvalue weighted by molar-refractivity contribution is 5.35. The van der Waals surface area contributed by atoms with Gasteiger partial charge in [0.15, 0.2) is 0 Å². The fraction of sp³-hybridized carbons (Fsp3) is 0.750. The smallest absolute Gasteiger partial charge is 0.323 e. The summed E-state index contributed by atoms with van der Waals surface area (Å²) in [5.41, 5.74) is 0. The van der Waals surface area contributed by atoms with Crippen molar-refractivity contribution in [2.75, 3.05) is 30.8 Å². The normalized spacial score (nSPS) is 12.0. The Morgan fingerprint density at radius 1 is 1.17 bits per heavy atom. The summed E-state index contributed by atoms with van der Waals surface area (Å²) in [4.78, 5) is 12.6. The molecule has 1 aromatic rings. The molecule has 0 saturated heterocycles. The highest BCUT2D eigenvalue weighted by Crippen LogP contribution is 2.12. The maximum Gasteiger partial charge on any atom is 0.323 e. The zero-order valence-corrected chi connectivity index (χ0v) is 11.7. The van der Waals surface area contributed by atoms with Crippen LogP contribution in [0.25, 0.3) is 0 Å². The van der Waals surface area contributed by atoms with Gasteiger partial charge in [-0.1, -0.05) is 27.2 Å². The molecule has 0 aliphatic heterocycles. The summed E-state index contributed by atoms with van der Waals surface area (Å²) in [5, 5.41) is 6.11. The standard InChI is InChI=1S/C12H23N5O/c1-5-7-18-12-16-10(13-4)15-11(17-12)14-8-9(3)6-2/h9H,5-8H2,1-4H3,(H2,13,14,15,16,17). The van der Waals surface area contributed by atoms with Crippen LogP contribution in [-0.2, 0) is 0 Å². The lowest BCUT2D eigenvalue weighted by molar-refractivity contribution is 0.292. The summed E-state index contributed by atoms with van der Waals surface area (Å²) in [6.07, 6.45) is 2.05. The third-order valence-corrected chi connectivity index (χ3v) is 2.58. The summed E-state index contributed by atoms with van der Waals surface area (Å²) < 4.78 is 5.43. The first kappa shape index (κ1) is 14.5. The van der Waals surface area contributed by atoms with Gasteiger partial charge in [0, 0.05) is 13.6 Å². The van der Waals surface area contributed by atoms with E-state index in [1.165, 1.54) is 0 Å². The second-order valence-corrected chi connectivity index (χ2v) is 4.26. The van der Waals surface area contributed by atoms with E-state index in [0.29, 0.717) is 30.4 Å². The molecule has 1 rings (SSSR count). The Morgan fingerprint density at radius 3 is 2.50 bits per heavy atom. The highest BCUT2D eigenvalue weighted by atomic mass is 16.5. The highest BCUT2D eigenvalue weighted by Gasteiger charge is 2.07. The van der Waals surface area contributed by atoms with Gasteiger partial charge in [0.1, 0.15) is 0 Å². The fourth-order valence-electron chi connectivity index (χ4n) is 1.22. The molecule has 6 nitrogen and oxygen atoms in total. The van der Waals surface area contributed by atoms with Crippen LogP contribution in [-0.4, -0.2) is 35.2 Å². The van der Waals surface area contributed by atoms with E-state index >= 15 is 0 Å². The molecule has 0 spiro atoms. The van der Waals surface area contributed by atoms with E-state index < -0.39 is 0 Å². The number of rotatable bonds is 8. The summed E-state index contributed by atoms with van der Waals surface area (Å²) in [5.74, 6) is 1.66. The van der Waals surface area contributed by atoms with E-state index in [2.05, 4.69) is 39.4 Å². The number of aromatic nitrogens is 3. The maximum atomic E-state index is 5.43. The SMILES string of the molecule is CCCOc1nc(NC)nc(NCC(C)CC)n1. The van der Waals surface area contributed by atoms with Crippen molar-refractivity contribution < 1.29 is 4.74 Å². The molecule has 0 radical (unpaired) electrons. The lowest BCUT2D eigenvalue weighted by Gasteiger charge is -2.11. The summed E-state index contributed by atoms with van der Waals surface area (Å²) in [7, 11) is 1.78. The van der Waals surface area contributed by atoms with Crippen molar-refractivity contribution in [3.63, 3.8) is 0 Å². The van der Waals surface area contributed by atoms with E-state index in [4.69, 9.17) is 4.74 Å². The van der Waals surface area contributed by atoms with E-state index in [1.54, 1.807) is 7.05 Å². The van der Waals surface area contributed by atoms with Gasteiger partial charge in [0.05, 0.1) is 6.61 Å². The molecule has 0 aliphatic carbocycles. The van der Waals surface area contributed by atoms with Gasteiger partial charge < -0.3 is 15.4 Å². The predicted octanol–water partition coefficient (Wildman–Crippen LogP) is 2.16. The maximum absolute atomic E-state index is 5.43. The summed E-state index contributed by atoms with van der Waals surface area (Å²) >= 11 is 0. The van der Waals surface area contributed by atoms with E-state index in [-0.39, 0.29) is 0 Å². The monoisotopic (exact) mass is 253 g/mol. The minimum absolute atomic E-state index is 0.364. The molecule has 6 heteroatoms. The zero-order chi connectivity index (χ0) is 13.4. The molecule has 0 aliphatic rings. The quantitative estimate of drug-likeness (QED) is 0.739. The number of anilines is 2. The van der Waals surface area contributed by atoms with Gasteiger partial charge in [-0.3, -0.25) is 0 Å². The Kier molecular flexibility index (Phi) is 6.18. The van der Waals surface area contributed by atoms with Gasteiger partial charge in [-0.05, 0) is 12.3 Å². The molecule has 18 heavy (non-hydrogen) atoms. The molecule has 102 valence electrons. The number of nitrogens with one attached hydrogen (secondary N) is 2. The molecule has 0 saturated carbocycles. The Morgan fingerprint density at radius 2 is 1.89 bits per heavy atom. The molecule has 0 fully saturated rings. The third-order valence-electron chi connectivity index (χ3n) is 2.58. The average molecular weight is 253 g/mol. The molecule has 1 heterocycles. The number of hydrogen-bond donors (Lipinski definition) is 2. The van der Waals surface area contributed by atoms with Gasteiger partial charge in [-0.2, -0.15) is 15.0 Å². The molecule has 2 N–H and O–H groups in total. The summed E-state index contributed by atoms with van der Waals surface area (Å²) in [6, 6.07) is 0.364. The molecular formula is C12H23N5O. The number of ether oxygens (including phenoxy) is 1. The predicted molar refractivity (Wildman–Crippen MR) is 73.1 cm³/mol. The van der Waals surface area contributed by atoms with Crippen LogP contribution in [0.3, 0.4) is 0 Å². The average Bonchev–Trinajstić information content (AvgIpc) is 2.42. The van der Waals surface area contributed by atoms with Gasteiger partial charge >= 0.3 is 6.01 Å². The van der Waals surface area contributed by atoms with Crippen molar-refractivity contribution in [2.24, 2.45) is 5.92 Å². The number of hydrogen-bond acceptors (Lipinski definition) is 6.